The van der Waals surface area contributed by atoms with Gasteiger partial charge in [0.25, 0.3) is 0 Å². The molecule has 16 heavy (non-hydrogen) atoms. The van der Waals surface area contributed by atoms with Crippen LogP contribution in [0.5, 0.6) is 0 Å². The van der Waals surface area contributed by atoms with Crippen molar-refractivity contribution in [2.24, 2.45) is 0 Å². The molecule has 1 aliphatic rings. The van der Waals surface area contributed by atoms with Crippen molar-refractivity contribution in [1.82, 2.24) is 10.2 Å². The molecule has 1 saturated heterocycles. The smallest absolute Gasteiger partial charge is 0.234 e. The Balaban J connectivity index is 1.98. The third-order valence-electron chi connectivity index (χ3n) is 2.97. The molecule has 1 atom stereocenters. The Labute approximate surface area is 98.0 Å². The molecule has 0 saturated carbocycles. The molecular weight excluding hydrogens is 204 g/mol. The monoisotopic (exact) mass is 228 g/mol. The molecule has 1 heterocycles. The zero-order valence-electron chi connectivity index (χ0n) is 10.2. The first kappa shape index (κ1) is 13.5. The van der Waals surface area contributed by atoms with Gasteiger partial charge in [-0.15, -0.1) is 0 Å². The van der Waals surface area contributed by atoms with E-state index in [1.165, 1.54) is 19.3 Å². The van der Waals surface area contributed by atoms with Crippen LogP contribution in [0.4, 0.5) is 0 Å². The van der Waals surface area contributed by atoms with Crippen molar-refractivity contribution >= 4 is 5.91 Å². The molecule has 94 valence electrons. The summed E-state index contributed by atoms with van der Waals surface area (Å²) in [6.07, 6.45) is 5.29. The summed E-state index contributed by atoms with van der Waals surface area (Å²) >= 11 is 0. The Morgan fingerprint density at radius 3 is 2.88 bits per heavy atom. The van der Waals surface area contributed by atoms with Crippen LogP contribution in [0.2, 0.25) is 0 Å². The Hall–Kier alpha value is -0.610. The molecular formula is C12H24N2O2. The van der Waals surface area contributed by atoms with Gasteiger partial charge in [-0.3, -0.25) is 9.69 Å². The van der Waals surface area contributed by atoms with Gasteiger partial charge in [-0.05, 0) is 12.8 Å². The van der Waals surface area contributed by atoms with E-state index in [0.717, 1.165) is 25.9 Å². The number of carbonyl (C=O) groups excluding carboxylic acids is 1. The normalized spacial score (nSPS) is 21.2. The van der Waals surface area contributed by atoms with Gasteiger partial charge in [0, 0.05) is 19.6 Å². The Bertz CT molecular complexity index is 209. The van der Waals surface area contributed by atoms with Gasteiger partial charge in [0.2, 0.25) is 5.91 Å². The zero-order chi connectivity index (χ0) is 11.8. The van der Waals surface area contributed by atoms with Crippen molar-refractivity contribution in [3.05, 3.63) is 0 Å². The quantitative estimate of drug-likeness (QED) is 0.632. The van der Waals surface area contributed by atoms with Gasteiger partial charge in [0.1, 0.15) is 0 Å². The van der Waals surface area contributed by atoms with Crippen LogP contribution in [0.1, 0.15) is 39.0 Å². The Kier molecular flexibility index (Phi) is 6.42. The van der Waals surface area contributed by atoms with E-state index in [2.05, 4.69) is 12.2 Å². The van der Waals surface area contributed by atoms with Gasteiger partial charge < -0.3 is 10.4 Å². The lowest BCUT2D eigenvalue weighted by Gasteiger charge is -2.14. The second-order valence-corrected chi connectivity index (χ2v) is 4.59. The summed E-state index contributed by atoms with van der Waals surface area (Å²) < 4.78 is 0. The van der Waals surface area contributed by atoms with Crippen LogP contribution in [0.15, 0.2) is 0 Å². The summed E-state index contributed by atoms with van der Waals surface area (Å²) in [6, 6.07) is 0. The number of rotatable bonds is 7. The highest BCUT2D eigenvalue weighted by Crippen LogP contribution is 2.07. The van der Waals surface area contributed by atoms with Crippen LogP contribution < -0.4 is 5.32 Å². The molecule has 0 spiro atoms. The van der Waals surface area contributed by atoms with Crippen molar-refractivity contribution in [1.29, 1.82) is 0 Å². The second kappa shape index (κ2) is 7.63. The maximum absolute atomic E-state index is 11.5. The van der Waals surface area contributed by atoms with Gasteiger partial charge in [0.05, 0.1) is 12.6 Å². The molecule has 0 aromatic rings. The van der Waals surface area contributed by atoms with Crippen molar-refractivity contribution in [2.75, 3.05) is 26.2 Å². The molecule has 1 amide bonds. The Morgan fingerprint density at radius 1 is 1.44 bits per heavy atom. The molecule has 0 aromatic carbocycles. The summed E-state index contributed by atoms with van der Waals surface area (Å²) in [6.45, 7) is 4.88. The van der Waals surface area contributed by atoms with E-state index in [0.29, 0.717) is 13.1 Å². The number of hydrogen-bond acceptors (Lipinski definition) is 3. The summed E-state index contributed by atoms with van der Waals surface area (Å²) in [5.74, 6) is 0.0885. The van der Waals surface area contributed by atoms with Crippen LogP contribution in [0.3, 0.4) is 0 Å². The number of β-amino-alcohol motifs (C(OH)–C–C–N with tert-alkyl or cyclic N) is 1. The first-order valence-corrected chi connectivity index (χ1v) is 6.39. The summed E-state index contributed by atoms with van der Waals surface area (Å²) in [7, 11) is 0. The van der Waals surface area contributed by atoms with Crippen molar-refractivity contribution in [2.45, 2.75) is 45.1 Å². The summed E-state index contributed by atoms with van der Waals surface area (Å²) in [4.78, 5) is 13.5. The molecule has 4 nitrogen and oxygen atoms in total. The number of likely N-dealkylation sites (tertiary alicyclic amines) is 1. The van der Waals surface area contributed by atoms with E-state index in [4.69, 9.17) is 0 Å². The minimum absolute atomic E-state index is 0.0885. The van der Waals surface area contributed by atoms with Crippen LogP contribution in [0, 0.1) is 0 Å². The number of aliphatic hydroxyl groups is 1. The number of carbonyl (C=O) groups is 1. The van der Waals surface area contributed by atoms with E-state index >= 15 is 0 Å². The maximum atomic E-state index is 11.5. The van der Waals surface area contributed by atoms with E-state index < -0.39 is 0 Å². The fourth-order valence-electron chi connectivity index (χ4n) is 1.99. The number of unbranched alkanes of at least 4 members (excludes halogenated alkanes) is 3. The van der Waals surface area contributed by atoms with E-state index in [-0.39, 0.29) is 12.0 Å². The predicted octanol–water partition coefficient (Wildman–Crippen LogP) is 0.749. The molecule has 1 aliphatic heterocycles. The molecule has 0 aromatic heterocycles. The standard InChI is InChI=1S/C12H24N2O2/c1-2-3-4-5-7-13-12(16)10-14-8-6-11(15)9-14/h11,15H,2-10H2,1H3,(H,13,16)/t11-/m1/s1. The highest BCUT2D eigenvalue weighted by atomic mass is 16.3. The lowest BCUT2D eigenvalue weighted by atomic mass is 10.2. The minimum atomic E-state index is -0.239. The third-order valence-corrected chi connectivity index (χ3v) is 2.97. The number of aliphatic hydroxyl groups excluding tert-OH is 1. The fourth-order valence-corrected chi connectivity index (χ4v) is 1.99. The molecule has 2 N–H and O–H groups in total. The lowest BCUT2D eigenvalue weighted by molar-refractivity contribution is -0.122. The van der Waals surface area contributed by atoms with Gasteiger partial charge in [-0.2, -0.15) is 0 Å². The zero-order valence-corrected chi connectivity index (χ0v) is 10.2. The molecule has 4 heteroatoms. The lowest BCUT2D eigenvalue weighted by Crippen LogP contribution is -2.36. The number of amides is 1. The van der Waals surface area contributed by atoms with E-state index in [9.17, 15) is 9.90 Å². The van der Waals surface area contributed by atoms with E-state index in [1.54, 1.807) is 0 Å². The highest BCUT2D eigenvalue weighted by Gasteiger charge is 2.21. The summed E-state index contributed by atoms with van der Waals surface area (Å²) in [5, 5.41) is 12.2. The highest BCUT2D eigenvalue weighted by molar-refractivity contribution is 5.78. The SMILES string of the molecule is CCCCCCNC(=O)CN1CC[C@@H](O)C1. The van der Waals surface area contributed by atoms with Crippen molar-refractivity contribution < 1.29 is 9.90 Å². The first-order valence-electron chi connectivity index (χ1n) is 6.39. The van der Waals surface area contributed by atoms with Crippen molar-refractivity contribution in [3.8, 4) is 0 Å². The number of nitrogens with one attached hydrogen (secondary N) is 1. The van der Waals surface area contributed by atoms with Gasteiger partial charge in [0.15, 0.2) is 0 Å². The number of hydrogen-bond donors (Lipinski definition) is 2. The van der Waals surface area contributed by atoms with Crippen LogP contribution >= 0.6 is 0 Å². The predicted molar refractivity (Wildman–Crippen MR) is 64.2 cm³/mol. The first-order chi connectivity index (χ1) is 7.72. The van der Waals surface area contributed by atoms with Gasteiger partial charge >= 0.3 is 0 Å². The van der Waals surface area contributed by atoms with Gasteiger partial charge in [-0.25, -0.2) is 0 Å². The van der Waals surface area contributed by atoms with E-state index in [1.807, 2.05) is 4.90 Å². The molecule has 0 radical (unpaired) electrons. The maximum Gasteiger partial charge on any atom is 0.234 e. The summed E-state index contributed by atoms with van der Waals surface area (Å²) in [5.41, 5.74) is 0. The number of nitrogens with zero attached hydrogens (tertiary/aromatic N) is 1. The minimum Gasteiger partial charge on any atom is -0.392 e. The van der Waals surface area contributed by atoms with Crippen LogP contribution in [-0.4, -0.2) is 48.2 Å². The fraction of sp³-hybridized carbons (Fsp3) is 0.917. The third kappa shape index (κ3) is 5.47. The molecule has 0 bridgehead atoms. The average molecular weight is 228 g/mol. The topological polar surface area (TPSA) is 52.6 Å². The Morgan fingerprint density at radius 2 is 2.25 bits per heavy atom. The molecule has 0 unspecified atom stereocenters. The molecule has 1 rings (SSSR count). The molecule has 1 fully saturated rings. The van der Waals surface area contributed by atoms with Crippen LogP contribution in [-0.2, 0) is 4.79 Å². The largest absolute Gasteiger partial charge is 0.392 e. The average Bonchev–Trinajstić information content (AvgIpc) is 2.63. The van der Waals surface area contributed by atoms with Gasteiger partial charge in [-0.1, -0.05) is 26.2 Å². The van der Waals surface area contributed by atoms with Crippen molar-refractivity contribution in [3.63, 3.8) is 0 Å². The molecule has 0 aliphatic carbocycles. The second-order valence-electron chi connectivity index (χ2n) is 4.59. The van der Waals surface area contributed by atoms with Crippen LogP contribution in [0.25, 0.3) is 0 Å².